The van der Waals surface area contributed by atoms with Crippen LogP contribution in [-0.4, -0.2) is 70.2 Å². The number of ether oxygens (including phenoxy) is 2. The number of carboxylic acid groups (broad SMARTS) is 2. The lowest BCUT2D eigenvalue weighted by molar-refractivity contribution is -0.130. The van der Waals surface area contributed by atoms with E-state index in [-0.39, 0.29) is 43.4 Å². The van der Waals surface area contributed by atoms with Crippen LogP contribution in [-0.2, 0) is 15.0 Å². The van der Waals surface area contributed by atoms with Gasteiger partial charge >= 0.3 is 11.9 Å². The second kappa shape index (κ2) is 20.2. The quantitative estimate of drug-likeness (QED) is 0.0724. The number of aliphatic carboxylic acids is 2. The third-order valence-electron chi connectivity index (χ3n) is 7.56. The van der Waals surface area contributed by atoms with Crippen LogP contribution >= 0.6 is 63.7 Å². The van der Waals surface area contributed by atoms with Gasteiger partial charge in [0, 0.05) is 43.9 Å². The number of rotatable bonds is 21. The second-order valence-electron chi connectivity index (χ2n) is 10.5. The zero-order valence-corrected chi connectivity index (χ0v) is 32.2. The van der Waals surface area contributed by atoms with Crippen LogP contribution in [0.5, 0.6) is 11.5 Å². The summed E-state index contributed by atoms with van der Waals surface area (Å²) in [6.45, 7) is 9.68. The van der Waals surface area contributed by atoms with Gasteiger partial charge in [-0.25, -0.2) is 9.59 Å². The standard InChI is InChI=1S/C33H38Br4N2O8/c1-4-38-27(31(42)43)10-8-20(9-11-28(32(44)45)39-5-2)33(3,21-16-23(34)29(24(35)17-21)46-14-6-12-40)22-18-25(36)30(26(37)19-22)47-15-7-13-41/h4-5,16-20,40-41H,1-2,6-15H2,3H3,(H,42,43)(H,44,45). The Morgan fingerprint density at radius 2 is 1.11 bits per heavy atom. The highest BCUT2D eigenvalue weighted by Crippen LogP contribution is 2.49. The van der Waals surface area contributed by atoms with Crippen molar-refractivity contribution in [1.29, 1.82) is 0 Å². The van der Waals surface area contributed by atoms with Gasteiger partial charge in [0.2, 0.25) is 0 Å². The van der Waals surface area contributed by atoms with Crippen LogP contribution in [0.25, 0.3) is 0 Å². The fraction of sp³-hybridized carbons (Fsp3) is 0.394. The van der Waals surface area contributed by atoms with Crippen LogP contribution in [0, 0.1) is 5.92 Å². The molecule has 0 atom stereocenters. The predicted octanol–water partition coefficient (Wildman–Crippen LogP) is 8.08. The molecule has 0 heterocycles. The van der Waals surface area contributed by atoms with Gasteiger partial charge < -0.3 is 29.9 Å². The molecule has 0 aliphatic rings. The zero-order chi connectivity index (χ0) is 35.1. The van der Waals surface area contributed by atoms with Crippen LogP contribution in [0.2, 0.25) is 0 Å². The highest BCUT2D eigenvalue weighted by atomic mass is 79.9. The van der Waals surface area contributed by atoms with Crippen LogP contribution in [0.1, 0.15) is 56.6 Å². The summed E-state index contributed by atoms with van der Waals surface area (Å²) in [6, 6.07) is 7.69. The first-order valence-electron chi connectivity index (χ1n) is 14.6. The normalized spacial score (nSPS) is 12.8. The van der Waals surface area contributed by atoms with Crippen LogP contribution in [0.3, 0.4) is 0 Å². The maximum Gasteiger partial charge on any atom is 0.350 e. The summed E-state index contributed by atoms with van der Waals surface area (Å²) < 4.78 is 14.4. The van der Waals surface area contributed by atoms with Gasteiger partial charge in [-0.3, -0.25) is 9.98 Å². The van der Waals surface area contributed by atoms with Gasteiger partial charge in [-0.2, -0.15) is 0 Å². The molecule has 0 spiro atoms. The average molecular weight is 910 g/mol. The van der Waals surface area contributed by atoms with E-state index in [4.69, 9.17) is 9.47 Å². The first kappa shape index (κ1) is 40.8. The molecule has 0 aromatic heterocycles. The van der Waals surface area contributed by atoms with Gasteiger partial charge in [-0.05, 0) is 131 Å². The Balaban J connectivity index is 2.87. The molecule has 0 aliphatic carbocycles. The van der Waals surface area contributed by atoms with E-state index < -0.39 is 17.4 Å². The lowest BCUT2D eigenvalue weighted by atomic mass is 9.64. The van der Waals surface area contributed by atoms with E-state index in [0.29, 0.717) is 68.3 Å². The number of carbonyl (C=O) groups is 2. The smallest absolute Gasteiger partial charge is 0.350 e. The molecule has 2 aromatic rings. The number of aliphatic imine (C=N–C) groups is 2. The van der Waals surface area contributed by atoms with Crippen molar-refractivity contribution in [2.75, 3.05) is 26.4 Å². The minimum Gasteiger partial charge on any atom is -0.491 e. The lowest BCUT2D eigenvalue weighted by Crippen LogP contribution is -2.35. The van der Waals surface area contributed by atoms with E-state index >= 15 is 0 Å². The molecular weight excluding hydrogens is 872 g/mol. The Labute approximate surface area is 308 Å². The van der Waals surface area contributed by atoms with Crippen molar-refractivity contribution in [3.05, 3.63) is 78.8 Å². The minimum absolute atomic E-state index is 0.0164. The van der Waals surface area contributed by atoms with E-state index in [1.54, 1.807) is 0 Å². The summed E-state index contributed by atoms with van der Waals surface area (Å²) >= 11 is 14.6. The van der Waals surface area contributed by atoms with Crippen molar-refractivity contribution in [2.24, 2.45) is 15.9 Å². The number of carboxylic acids is 2. The van der Waals surface area contributed by atoms with E-state index in [1.807, 2.05) is 31.2 Å². The molecule has 256 valence electrons. The van der Waals surface area contributed by atoms with E-state index in [9.17, 15) is 30.0 Å². The molecule has 4 N–H and O–H groups in total. The summed E-state index contributed by atoms with van der Waals surface area (Å²) in [4.78, 5) is 32.0. The monoisotopic (exact) mass is 906 g/mol. The van der Waals surface area contributed by atoms with Gasteiger partial charge in [0.25, 0.3) is 0 Å². The van der Waals surface area contributed by atoms with Gasteiger partial charge in [0.05, 0.1) is 31.1 Å². The van der Waals surface area contributed by atoms with Crippen LogP contribution in [0.15, 0.2) is 77.7 Å². The fourth-order valence-corrected chi connectivity index (χ4v) is 7.96. The maximum atomic E-state index is 12.0. The number of aliphatic hydroxyl groups excluding tert-OH is 2. The summed E-state index contributed by atoms with van der Waals surface area (Å²) in [5.74, 6) is -1.61. The maximum absolute atomic E-state index is 12.0. The third-order valence-corrected chi connectivity index (χ3v) is 9.91. The molecule has 2 rings (SSSR count). The highest BCUT2D eigenvalue weighted by Gasteiger charge is 2.40. The summed E-state index contributed by atoms with van der Waals surface area (Å²) in [5.41, 5.74) is 0.613. The van der Waals surface area contributed by atoms with Crippen molar-refractivity contribution in [3.63, 3.8) is 0 Å². The molecule has 0 saturated heterocycles. The van der Waals surface area contributed by atoms with Gasteiger partial charge in [0.15, 0.2) is 0 Å². The molecule has 47 heavy (non-hydrogen) atoms. The van der Waals surface area contributed by atoms with E-state index in [0.717, 1.165) is 11.1 Å². The van der Waals surface area contributed by atoms with Gasteiger partial charge in [0.1, 0.15) is 22.9 Å². The number of aliphatic hydroxyl groups is 2. The molecule has 14 heteroatoms. The molecule has 2 aromatic carbocycles. The molecule has 0 radical (unpaired) electrons. The molecule has 0 saturated carbocycles. The Bertz CT molecular complexity index is 1340. The number of benzene rings is 2. The van der Waals surface area contributed by atoms with Gasteiger partial charge in [-0.15, -0.1) is 0 Å². The first-order valence-corrected chi connectivity index (χ1v) is 17.8. The Kier molecular flexibility index (Phi) is 17.6. The molecule has 10 nitrogen and oxygen atoms in total. The van der Waals surface area contributed by atoms with Crippen molar-refractivity contribution in [3.8, 4) is 11.5 Å². The highest BCUT2D eigenvalue weighted by molar-refractivity contribution is 9.11. The minimum atomic E-state index is -1.17. The topological polar surface area (TPSA) is 158 Å². The lowest BCUT2D eigenvalue weighted by Gasteiger charge is -2.40. The first-order chi connectivity index (χ1) is 22.3. The van der Waals surface area contributed by atoms with E-state index in [1.165, 1.54) is 12.4 Å². The predicted molar refractivity (Wildman–Crippen MR) is 197 cm³/mol. The molecule has 0 unspecified atom stereocenters. The van der Waals surface area contributed by atoms with Crippen LogP contribution < -0.4 is 9.47 Å². The molecule has 0 fully saturated rings. The Morgan fingerprint density at radius 1 is 0.766 bits per heavy atom. The fourth-order valence-electron chi connectivity index (χ4n) is 5.13. The summed E-state index contributed by atoms with van der Waals surface area (Å²) in [6.07, 6.45) is 4.05. The number of halogens is 4. The van der Waals surface area contributed by atoms with Crippen molar-refractivity contribution < 1.29 is 39.5 Å². The van der Waals surface area contributed by atoms with Crippen molar-refractivity contribution in [2.45, 2.75) is 50.9 Å². The second-order valence-corrected chi connectivity index (χ2v) is 13.9. The van der Waals surface area contributed by atoms with Gasteiger partial charge in [-0.1, -0.05) is 20.1 Å². The molecule has 0 amide bonds. The summed E-state index contributed by atoms with van der Waals surface area (Å²) in [5, 5.41) is 38.1. The molecular formula is C33H38Br4N2O8. The molecule has 0 bridgehead atoms. The van der Waals surface area contributed by atoms with Crippen molar-refractivity contribution in [1.82, 2.24) is 0 Å². The molecule has 0 aliphatic heterocycles. The third kappa shape index (κ3) is 11.4. The van der Waals surface area contributed by atoms with E-state index in [2.05, 4.69) is 86.9 Å². The van der Waals surface area contributed by atoms with Crippen molar-refractivity contribution >= 4 is 87.1 Å². The summed E-state index contributed by atoms with van der Waals surface area (Å²) in [7, 11) is 0. The number of hydrogen-bond donors (Lipinski definition) is 4. The largest absolute Gasteiger partial charge is 0.491 e. The SMILES string of the molecule is C=CN=C(CCC(CCC(=NC=C)C(=O)O)C(C)(c1cc(Br)c(OCCCO)c(Br)c1)c1cc(Br)c(OCCCO)c(Br)c1)C(=O)O. The Hall–Kier alpha value is -2.36. The number of nitrogens with zero attached hydrogens (tertiary/aromatic N) is 2. The Morgan fingerprint density at radius 3 is 1.38 bits per heavy atom. The van der Waals surface area contributed by atoms with Crippen LogP contribution in [0.4, 0.5) is 0 Å². The number of hydrogen-bond acceptors (Lipinski definition) is 8. The zero-order valence-electron chi connectivity index (χ0n) is 25.9. The average Bonchev–Trinajstić information content (AvgIpc) is 3.01.